The van der Waals surface area contributed by atoms with Crippen LogP contribution in [-0.4, -0.2) is 21.2 Å². The maximum absolute atomic E-state index is 12.0. The van der Waals surface area contributed by atoms with Crippen molar-refractivity contribution in [1.29, 1.82) is 0 Å². The number of nitrogens with zero attached hydrogens (tertiary/aromatic N) is 2. The molecule has 7 nitrogen and oxygen atoms in total. The van der Waals surface area contributed by atoms with Crippen molar-refractivity contribution in [2.75, 3.05) is 5.32 Å². The highest BCUT2D eigenvalue weighted by Crippen LogP contribution is 2.18. The topological polar surface area (TPSA) is 111 Å². The normalized spacial score (nSPS) is 11.2. The number of aromatic carboxylic acids is 1. The van der Waals surface area contributed by atoms with Crippen molar-refractivity contribution >= 4 is 17.6 Å². The number of hydrogen-bond acceptors (Lipinski definition) is 6. The molecule has 1 heterocycles. The van der Waals surface area contributed by atoms with Crippen molar-refractivity contribution in [3.8, 4) is 0 Å². The molecule has 0 radical (unpaired) electrons. The molecule has 21 heavy (non-hydrogen) atoms. The smallest absolute Gasteiger partial charge is 0.274 e. The first-order chi connectivity index (χ1) is 9.79. The first kappa shape index (κ1) is 14.7. The van der Waals surface area contributed by atoms with E-state index in [0.717, 1.165) is 0 Å². The van der Waals surface area contributed by atoms with Crippen LogP contribution in [-0.2, 0) is 5.41 Å². The Morgan fingerprint density at radius 1 is 1.24 bits per heavy atom. The van der Waals surface area contributed by atoms with Crippen molar-refractivity contribution in [2.24, 2.45) is 0 Å². The van der Waals surface area contributed by atoms with E-state index in [0.29, 0.717) is 5.69 Å². The Morgan fingerprint density at radius 3 is 2.48 bits per heavy atom. The van der Waals surface area contributed by atoms with Gasteiger partial charge in [0, 0.05) is 16.7 Å². The van der Waals surface area contributed by atoms with Gasteiger partial charge in [-0.25, -0.2) is 0 Å². The summed E-state index contributed by atoms with van der Waals surface area (Å²) in [6, 6.07) is 6.17. The van der Waals surface area contributed by atoms with Crippen molar-refractivity contribution in [3.63, 3.8) is 0 Å². The zero-order valence-corrected chi connectivity index (χ0v) is 11.9. The molecule has 0 spiro atoms. The number of anilines is 2. The summed E-state index contributed by atoms with van der Waals surface area (Å²) in [7, 11) is 0. The maximum Gasteiger partial charge on any atom is 0.274 e. The van der Waals surface area contributed by atoms with E-state index in [2.05, 4.69) is 20.5 Å². The average molecular weight is 287 g/mol. The van der Waals surface area contributed by atoms with Crippen molar-refractivity contribution in [1.82, 2.24) is 15.2 Å². The van der Waals surface area contributed by atoms with Crippen LogP contribution in [0.3, 0.4) is 0 Å². The van der Waals surface area contributed by atoms with E-state index in [1.165, 1.54) is 6.07 Å². The van der Waals surface area contributed by atoms with Crippen LogP contribution in [0.1, 0.15) is 36.8 Å². The molecule has 2 rings (SSSR count). The van der Waals surface area contributed by atoms with Gasteiger partial charge < -0.3 is 15.2 Å². The number of aromatic nitrogens is 3. The lowest BCUT2D eigenvalue weighted by Gasteiger charge is -2.16. The number of rotatable bonds is 3. The second-order valence-corrected chi connectivity index (χ2v) is 5.56. The maximum atomic E-state index is 12.0. The summed E-state index contributed by atoms with van der Waals surface area (Å²) in [5.41, 5.74) is -0.250. The van der Waals surface area contributed by atoms with Crippen molar-refractivity contribution < 1.29 is 9.90 Å². The van der Waals surface area contributed by atoms with E-state index in [1.54, 1.807) is 18.2 Å². The SMILES string of the molecule is CC(C)(C)c1nnc(Nc2ccccc2C(=O)[O-])[nH]c1=O. The molecule has 1 aromatic heterocycles. The first-order valence-corrected chi connectivity index (χ1v) is 6.34. The molecule has 2 aromatic rings. The fourth-order valence-corrected chi connectivity index (χ4v) is 1.78. The highest BCUT2D eigenvalue weighted by Gasteiger charge is 2.20. The number of carbonyl (C=O) groups excluding carboxylic acids is 1. The lowest BCUT2D eigenvalue weighted by Crippen LogP contribution is -2.28. The number of para-hydroxylation sites is 1. The van der Waals surface area contributed by atoms with Gasteiger partial charge in [-0.2, -0.15) is 0 Å². The number of carboxylic acid groups (broad SMARTS) is 1. The highest BCUT2D eigenvalue weighted by atomic mass is 16.4. The van der Waals surface area contributed by atoms with Gasteiger partial charge in [0.15, 0.2) is 0 Å². The lowest BCUT2D eigenvalue weighted by atomic mass is 9.93. The zero-order chi connectivity index (χ0) is 15.6. The molecule has 0 bridgehead atoms. The summed E-state index contributed by atoms with van der Waals surface area (Å²) < 4.78 is 0. The summed E-state index contributed by atoms with van der Waals surface area (Å²) >= 11 is 0. The summed E-state index contributed by atoms with van der Waals surface area (Å²) in [6.07, 6.45) is 0. The summed E-state index contributed by atoms with van der Waals surface area (Å²) in [5.74, 6) is -1.25. The molecule has 0 fully saturated rings. The number of benzene rings is 1. The molecule has 110 valence electrons. The van der Waals surface area contributed by atoms with Crippen LogP contribution in [0.15, 0.2) is 29.1 Å². The van der Waals surface area contributed by atoms with Crippen LogP contribution >= 0.6 is 0 Å². The Bertz CT molecular complexity index is 731. The number of nitrogens with one attached hydrogen (secondary N) is 2. The third-order valence-corrected chi connectivity index (χ3v) is 2.81. The van der Waals surface area contributed by atoms with Gasteiger partial charge in [0.25, 0.3) is 5.56 Å². The van der Waals surface area contributed by atoms with Crippen molar-refractivity contribution in [3.05, 3.63) is 45.9 Å². The second-order valence-electron chi connectivity index (χ2n) is 5.56. The van der Waals surface area contributed by atoms with Crippen LogP contribution in [0, 0.1) is 0 Å². The number of aromatic amines is 1. The monoisotopic (exact) mass is 287 g/mol. The Hall–Kier alpha value is -2.70. The number of hydrogen-bond donors (Lipinski definition) is 2. The van der Waals surface area contributed by atoms with E-state index in [4.69, 9.17) is 0 Å². The summed E-state index contributed by atoms with van der Waals surface area (Å²) in [4.78, 5) is 25.5. The Labute approximate surface area is 121 Å². The molecule has 1 aromatic carbocycles. The quantitative estimate of drug-likeness (QED) is 0.853. The Balaban J connectivity index is 2.36. The minimum atomic E-state index is -1.32. The number of carboxylic acids is 1. The molecule has 0 saturated carbocycles. The predicted octanol–water partition coefficient (Wildman–Crippen LogP) is 0.570. The van der Waals surface area contributed by atoms with E-state index in [9.17, 15) is 14.7 Å². The Morgan fingerprint density at radius 2 is 1.90 bits per heavy atom. The average Bonchev–Trinajstić information content (AvgIpc) is 2.37. The lowest BCUT2D eigenvalue weighted by molar-refractivity contribution is -0.254. The molecule has 0 amide bonds. The molecular formula is C14H15N4O3-. The molecule has 0 unspecified atom stereocenters. The minimum Gasteiger partial charge on any atom is -0.545 e. The minimum absolute atomic E-state index is 0.0277. The van der Waals surface area contributed by atoms with Crippen molar-refractivity contribution in [2.45, 2.75) is 26.2 Å². The Kier molecular flexibility index (Phi) is 3.75. The van der Waals surface area contributed by atoms with Gasteiger partial charge in [0.1, 0.15) is 5.69 Å². The molecular weight excluding hydrogens is 272 g/mol. The third-order valence-electron chi connectivity index (χ3n) is 2.81. The van der Waals surface area contributed by atoms with Gasteiger partial charge in [-0.05, 0) is 6.07 Å². The molecule has 0 saturated heterocycles. The van der Waals surface area contributed by atoms with Crippen LogP contribution in [0.5, 0.6) is 0 Å². The van der Waals surface area contributed by atoms with E-state index >= 15 is 0 Å². The summed E-state index contributed by atoms with van der Waals surface area (Å²) in [6.45, 7) is 5.56. The predicted molar refractivity (Wildman–Crippen MR) is 75.4 cm³/mol. The molecule has 0 aliphatic heterocycles. The van der Waals surface area contributed by atoms with Gasteiger partial charge in [-0.1, -0.05) is 39.0 Å². The third kappa shape index (κ3) is 3.25. The van der Waals surface area contributed by atoms with E-state index in [-0.39, 0.29) is 22.8 Å². The van der Waals surface area contributed by atoms with E-state index < -0.39 is 11.4 Å². The zero-order valence-electron chi connectivity index (χ0n) is 11.9. The number of carbonyl (C=O) groups is 1. The van der Waals surface area contributed by atoms with Crippen LogP contribution in [0.2, 0.25) is 0 Å². The van der Waals surface area contributed by atoms with Crippen LogP contribution in [0.4, 0.5) is 11.6 Å². The van der Waals surface area contributed by atoms with Gasteiger partial charge in [0.05, 0.1) is 5.97 Å². The molecule has 7 heteroatoms. The standard InChI is InChI=1S/C14H16N4O3/c1-14(2,3)10-11(19)16-13(18-17-10)15-9-7-5-4-6-8(9)12(20)21/h4-7H,1-3H3,(H,20,21)(H2,15,16,18,19)/p-1. The fourth-order valence-electron chi connectivity index (χ4n) is 1.78. The molecule has 0 aliphatic carbocycles. The molecule has 2 N–H and O–H groups in total. The summed E-state index contributed by atoms with van der Waals surface area (Å²) in [5, 5.41) is 21.5. The van der Waals surface area contributed by atoms with Crippen LogP contribution < -0.4 is 16.0 Å². The highest BCUT2D eigenvalue weighted by molar-refractivity contribution is 5.93. The molecule has 0 atom stereocenters. The van der Waals surface area contributed by atoms with Gasteiger partial charge >= 0.3 is 0 Å². The van der Waals surface area contributed by atoms with Gasteiger partial charge in [-0.3, -0.25) is 9.78 Å². The van der Waals surface area contributed by atoms with Gasteiger partial charge in [0.2, 0.25) is 5.95 Å². The largest absolute Gasteiger partial charge is 0.545 e. The first-order valence-electron chi connectivity index (χ1n) is 6.34. The van der Waals surface area contributed by atoms with Crippen LogP contribution in [0.25, 0.3) is 0 Å². The van der Waals surface area contributed by atoms with Gasteiger partial charge in [-0.15, -0.1) is 10.2 Å². The fraction of sp³-hybridized carbons (Fsp3) is 0.286. The second kappa shape index (κ2) is 5.35. The number of H-pyrrole nitrogens is 1. The molecule has 0 aliphatic rings. The van der Waals surface area contributed by atoms with E-state index in [1.807, 2.05) is 20.8 Å².